The Kier molecular flexibility index (Phi) is 11.9. The van der Waals surface area contributed by atoms with Gasteiger partial charge >= 0.3 is 12.2 Å². The maximum absolute atomic E-state index is 13.8. The van der Waals surface area contributed by atoms with Crippen LogP contribution in [-0.4, -0.2) is 106 Å². The molecule has 4 unspecified atom stereocenters. The number of methoxy groups -OCH3 is 2. The highest BCUT2D eigenvalue weighted by Gasteiger charge is 2.40. The second-order valence-electron chi connectivity index (χ2n) is 17.8. The minimum Gasteiger partial charge on any atom is -0.465 e. The van der Waals surface area contributed by atoms with Crippen molar-refractivity contribution in [2.24, 2.45) is 21.8 Å². The molecule has 4 aliphatic heterocycles. The molecule has 65 heavy (non-hydrogen) atoms. The van der Waals surface area contributed by atoms with Crippen LogP contribution in [0.2, 0.25) is 0 Å². The number of likely N-dealkylation sites (tertiary alicyclic amines) is 2. The summed E-state index contributed by atoms with van der Waals surface area (Å²) in [5, 5.41) is 6.45. The van der Waals surface area contributed by atoms with Crippen LogP contribution in [0.3, 0.4) is 0 Å². The van der Waals surface area contributed by atoms with E-state index in [9.17, 15) is 19.2 Å². The van der Waals surface area contributed by atoms with E-state index in [0.29, 0.717) is 24.7 Å². The van der Waals surface area contributed by atoms with Crippen LogP contribution < -0.4 is 15.4 Å². The Morgan fingerprint density at radius 3 is 2.11 bits per heavy atom. The maximum atomic E-state index is 13.8. The number of fused-ring (bicyclic) bond motifs is 5. The molecule has 4 amide bonds. The van der Waals surface area contributed by atoms with Gasteiger partial charge < -0.3 is 44.2 Å². The Morgan fingerprint density at radius 2 is 1.45 bits per heavy atom. The summed E-state index contributed by atoms with van der Waals surface area (Å²) in [5.41, 5.74) is 6.62. The van der Waals surface area contributed by atoms with Gasteiger partial charge in [-0.1, -0.05) is 70.2 Å². The number of hydrogen-bond acceptors (Lipinski definition) is 10. The van der Waals surface area contributed by atoms with Gasteiger partial charge in [0, 0.05) is 41.4 Å². The topological polar surface area (TPSA) is 185 Å². The number of nitrogens with zero attached hydrogens (tertiary/aromatic N) is 6. The molecule has 2 aromatic heterocycles. The number of H-pyrrole nitrogens is 1. The number of amides is 4. The number of amidine groups is 1. The number of aromatic nitrogens is 3. The molecule has 3 N–H and O–H groups in total. The molecule has 0 bridgehead atoms. The molecule has 0 saturated carbocycles. The Labute approximate surface area is 377 Å². The molecule has 0 radical (unpaired) electrons. The summed E-state index contributed by atoms with van der Waals surface area (Å²) >= 11 is 0. The number of carbonyl (C=O) groups excluding carboxylic acids is 4. The SMILES string of the molecule is COC(=O)N[C@H](C(=O)N1CCCC1C1=NC(c2ccc3c(c2)cc2n3C(c3ccccc3)Oc3cc(-c4cnc(C5CCCN5C(=O)[C@@H](NC(=O)OC)C(C)C)[nH]4)ccc3-2)C=N1)C(C)C. The molecule has 6 atom stereocenters. The number of aliphatic imine (C=N–C) groups is 2. The average Bonchev–Trinajstić information content (AvgIpc) is 4.18. The van der Waals surface area contributed by atoms with Gasteiger partial charge in [0.15, 0.2) is 0 Å². The predicted octanol–water partition coefficient (Wildman–Crippen LogP) is 7.58. The zero-order chi connectivity index (χ0) is 45.5. The fraction of sp³-hybridized carbons (Fsp3) is 0.408. The molecule has 6 heterocycles. The first-order valence-electron chi connectivity index (χ1n) is 22.4. The van der Waals surface area contributed by atoms with Crippen LogP contribution in [0.5, 0.6) is 5.75 Å². The minimum atomic E-state index is -0.721. The van der Waals surface area contributed by atoms with Gasteiger partial charge in [-0.25, -0.2) is 19.6 Å². The number of carbonyl (C=O) groups is 4. The highest BCUT2D eigenvalue weighted by atomic mass is 16.5. The number of imidazole rings is 1. The summed E-state index contributed by atoms with van der Waals surface area (Å²) in [4.78, 5) is 73.4. The first-order valence-corrected chi connectivity index (χ1v) is 22.4. The van der Waals surface area contributed by atoms with Crippen molar-refractivity contribution in [3.8, 4) is 28.3 Å². The molecule has 2 fully saturated rings. The van der Waals surface area contributed by atoms with Crippen LogP contribution in [0, 0.1) is 11.8 Å². The van der Waals surface area contributed by atoms with E-state index < -0.39 is 30.5 Å². The van der Waals surface area contributed by atoms with E-state index in [2.05, 4.69) is 68.7 Å². The molecule has 16 nitrogen and oxygen atoms in total. The van der Waals surface area contributed by atoms with Crippen molar-refractivity contribution in [2.45, 2.75) is 89.8 Å². The van der Waals surface area contributed by atoms with Crippen LogP contribution in [0.15, 0.2) is 89.0 Å². The Hall–Kier alpha value is -6.97. The van der Waals surface area contributed by atoms with E-state index in [1.165, 1.54) is 14.2 Å². The summed E-state index contributed by atoms with van der Waals surface area (Å²) < 4.78 is 18.8. The third-order valence-corrected chi connectivity index (χ3v) is 13.0. The standard InChI is InChI=1S/C49H55N9O7/c1-27(2)41(54-48(61)63-5)45(59)56-20-10-14-37(56)43-50-25-34(52-43)30-17-19-36-32(22-30)23-39-33-18-16-31(24-40(33)65-47(58(36)39)29-12-8-7-9-13-29)35-26-51-44(53-35)38-15-11-21-57(38)46(60)42(28(3)4)55-49(62)64-6/h7-9,12-13,16-19,22-28,34,37-38,41-42,47H,10-11,14-15,20-21H2,1-6H3,(H,51,53)(H,54,61)(H,55,62)/t34?,37?,38?,41-,42-,47?/m0/s1. The van der Waals surface area contributed by atoms with Crippen molar-refractivity contribution in [2.75, 3.05) is 27.3 Å². The quantitative estimate of drug-likeness (QED) is 0.121. The van der Waals surface area contributed by atoms with Crippen molar-refractivity contribution in [3.63, 3.8) is 0 Å². The largest absolute Gasteiger partial charge is 0.465 e. The summed E-state index contributed by atoms with van der Waals surface area (Å²) in [7, 11) is 2.58. The number of alkyl carbamates (subject to hydrolysis) is 2. The number of hydrogen-bond donors (Lipinski definition) is 3. The van der Waals surface area contributed by atoms with Crippen molar-refractivity contribution >= 4 is 47.0 Å². The molecular weight excluding hydrogens is 827 g/mol. The van der Waals surface area contributed by atoms with E-state index in [1.807, 2.05) is 58.2 Å². The second kappa shape index (κ2) is 17.9. The molecule has 9 rings (SSSR count). The Bertz CT molecular complexity index is 2690. The third-order valence-electron chi connectivity index (χ3n) is 13.0. The van der Waals surface area contributed by atoms with Crippen molar-refractivity contribution < 1.29 is 33.4 Å². The van der Waals surface area contributed by atoms with E-state index in [-0.39, 0.29) is 41.8 Å². The molecule has 0 aliphatic carbocycles. The molecule has 16 heteroatoms. The maximum Gasteiger partial charge on any atom is 0.407 e. The third kappa shape index (κ3) is 8.21. The number of rotatable bonds is 11. The van der Waals surface area contributed by atoms with Gasteiger partial charge in [0.1, 0.15) is 35.5 Å². The normalized spacial score (nSPS) is 20.9. The summed E-state index contributed by atoms with van der Waals surface area (Å²) in [6.07, 6.45) is 5.04. The fourth-order valence-electron chi connectivity index (χ4n) is 9.62. The number of ether oxygens (including phenoxy) is 3. The van der Waals surface area contributed by atoms with Gasteiger partial charge in [-0.15, -0.1) is 0 Å². The van der Waals surface area contributed by atoms with Gasteiger partial charge in [0.2, 0.25) is 18.0 Å². The Balaban J connectivity index is 0.992. The predicted molar refractivity (Wildman–Crippen MR) is 246 cm³/mol. The van der Waals surface area contributed by atoms with Crippen molar-refractivity contribution in [1.29, 1.82) is 0 Å². The van der Waals surface area contributed by atoms with E-state index in [4.69, 9.17) is 29.2 Å². The first kappa shape index (κ1) is 43.3. The van der Waals surface area contributed by atoms with Gasteiger partial charge in [-0.2, -0.15) is 0 Å². The minimum absolute atomic E-state index is 0.133. The molecule has 338 valence electrons. The average molecular weight is 882 g/mol. The lowest BCUT2D eigenvalue weighted by Gasteiger charge is -2.30. The van der Waals surface area contributed by atoms with Gasteiger partial charge in [0.25, 0.3) is 0 Å². The molecular formula is C49H55N9O7. The van der Waals surface area contributed by atoms with Gasteiger partial charge in [-0.3, -0.25) is 14.6 Å². The van der Waals surface area contributed by atoms with E-state index in [0.717, 1.165) is 76.0 Å². The van der Waals surface area contributed by atoms with Crippen LogP contribution in [0.25, 0.3) is 33.4 Å². The number of aromatic amines is 1. The smallest absolute Gasteiger partial charge is 0.407 e. The highest BCUT2D eigenvalue weighted by molar-refractivity contribution is 6.02. The van der Waals surface area contributed by atoms with Crippen LogP contribution in [0.1, 0.15) is 88.6 Å². The van der Waals surface area contributed by atoms with Gasteiger partial charge in [-0.05, 0) is 73.4 Å². The van der Waals surface area contributed by atoms with Crippen LogP contribution in [0.4, 0.5) is 9.59 Å². The summed E-state index contributed by atoms with van der Waals surface area (Å²) in [5.74, 6) is 1.44. The lowest BCUT2D eigenvalue weighted by Crippen LogP contribution is -2.53. The zero-order valence-corrected chi connectivity index (χ0v) is 37.5. The highest BCUT2D eigenvalue weighted by Crippen LogP contribution is 2.46. The lowest BCUT2D eigenvalue weighted by atomic mass is 10.0. The van der Waals surface area contributed by atoms with E-state index in [1.54, 1.807) is 16.0 Å². The molecule has 0 spiro atoms. The zero-order valence-electron chi connectivity index (χ0n) is 37.5. The van der Waals surface area contributed by atoms with Crippen LogP contribution >= 0.6 is 0 Å². The summed E-state index contributed by atoms with van der Waals surface area (Å²) in [6.45, 7) is 8.73. The Morgan fingerprint density at radius 1 is 0.785 bits per heavy atom. The second-order valence-corrected chi connectivity index (χ2v) is 17.8. The summed E-state index contributed by atoms with van der Waals surface area (Å²) in [6, 6.07) is 22.6. The van der Waals surface area contributed by atoms with E-state index >= 15 is 0 Å². The van der Waals surface area contributed by atoms with Crippen molar-refractivity contribution in [3.05, 3.63) is 95.9 Å². The molecule has 5 aromatic rings. The monoisotopic (exact) mass is 881 g/mol. The lowest BCUT2D eigenvalue weighted by molar-refractivity contribution is -0.135. The number of benzene rings is 3. The van der Waals surface area contributed by atoms with Gasteiger partial charge in [0.05, 0.1) is 49.4 Å². The fourth-order valence-corrected chi connectivity index (χ4v) is 9.62. The number of nitrogens with one attached hydrogen (secondary N) is 3. The van der Waals surface area contributed by atoms with Crippen LogP contribution in [-0.2, 0) is 19.1 Å². The molecule has 2 saturated heterocycles. The molecule has 3 aromatic carbocycles. The molecule has 4 aliphatic rings. The first-order chi connectivity index (χ1) is 31.4. The van der Waals surface area contributed by atoms with Crippen molar-refractivity contribution in [1.82, 2.24) is 35.0 Å².